The molecule has 1 aliphatic rings. The van der Waals surface area contributed by atoms with Gasteiger partial charge in [-0.15, -0.1) is 0 Å². The number of benzene rings is 2. The van der Waals surface area contributed by atoms with Crippen molar-refractivity contribution in [2.24, 2.45) is 5.92 Å². The number of carbonyl (C=O) groups is 1. The molecule has 1 heterocycles. The topological polar surface area (TPSA) is 41.6 Å². The number of nitrogens with one attached hydrogen (secondary N) is 1. The molecule has 3 rings (SSSR count). The van der Waals surface area contributed by atoms with E-state index in [1.54, 1.807) is 12.1 Å². The summed E-state index contributed by atoms with van der Waals surface area (Å²) in [5.74, 6) is -0.195. The standard InChI is InChI=1S/C22H27FN2O2/c1-16(2)21(18-7-9-20(23)10-8-18)24-22(26)19-5-3-17(4-6-19)15-25-11-13-27-14-12-25/h3-10,16,21H,11-15H2,1-2H3,(H,24,26). The fourth-order valence-corrected chi connectivity index (χ4v) is 3.31. The maximum absolute atomic E-state index is 13.2. The number of morpholine rings is 1. The zero-order valence-corrected chi connectivity index (χ0v) is 16.0. The second kappa shape index (κ2) is 9.11. The molecule has 1 atom stereocenters. The van der Waals surface area contributed by atoms with Gasteiger partial charge in [0.1, 0.15) is 5.82 Å². The van der Waals surface area contributed by atoms with Crippen molar-refractivity contribution in [2.75, 3.05) is 26.3 Å². The van der Waals surface area contributed by atoms with Crippen molar-refractivity contribution in [3.05, 3.63) is 71.0 Å². The Morgan fingerprint density at radius 3 is 2.30 bits per heavy atom. The third-order valence-corrected chi connectivity index (χ3v) is 4.91. The Morgan fingerprint density at radius 2 is 1.70 bits per heavy atom. The van der Waals surface area contributed by atoms with Crippen LogP contribution in [0.1, 0.15) is 41.4 Å². The van der Waals surface area contributed by atoms with E-state index >= 15 is 0 Å². The average molecular weight is 370 g/mol. The van der Waals surface area contributed by atoms with Crippen molar-refractivity contribution in [3.8, 4) is 0 Å². The lowest BCUT2D eigenvalue weighted by Gasteiger charge is -2.26. The molecule has 1 fully saturated rings. The minimum atomic E-state index is -0.275. The van der Waals surface area contributed by atoms with E-state index in [1.165, 1.54) is 17.7 Å². The van der Waals surface area contributed by atoms with Crippen molar-refractivity contribution in [2.45, 2.75) is 26.4 Å². The summed E-state index contributed by atoms with van der Waals surface area (Å²) in [5, 5.41) is 3.08. The van der Waals surface area contributed by atoms with Crippen molar-refractivity contribution in [3.63, 3.8) is 0 Å². The van der Waals surface area contributed by atoms with Crippen LogP contribution in [0.5, 0.6) is 0 Å². The third kappa shape index (κ3) is 5.37. The van der Waals surface area contributed by atoms with Crippen molar-refractivity contribution >= 4 is 5.91 Å². The molecule has 0 aliphatic carbocycles. The Bertz CT molecular complexity index is 738. The highest BCUT2D eigenvalue weighted by atomic mass is 19.1. The van der Waals surface area contributed by atoms with Crippen molar-refractivity contribution < 1.29 is 13.9 Å². The fourth-order valence-electron chi connectivity index (χ4n) is 3.31. The number of hydrogen-bond acceptors (Lipinski definition) is 3. The van der Waals surface area contributed by atoms with Gasteiger partial charge < -0.3 is 10.1 Å². The molecular weight excluding hydrogens is 343 g/mol. The number of amides is 1. The van der Waals surface area contributed by atoms with Crippen LogP contribution in [0, 0.1) is 11.7 Å². The van der Waals surface area contributed by atoms with E-state index < -0.39 is 0 Å². The second-order valence-electron chi connectivity index (χ2n) is 7.33. The van der Waals surface area contributed by atoms with Crippen LogP contribution in [0.4, 0.5) is 4.39 Å². The van der Waals surface area contributed by atoms with E-state index in [9.17, 15) is 9.18 Å². The first kappa shape index (κ1) is 19.5. The highest BCUT2D eigenvalue weighted by molar-refractivity contribution is 5.94. The predicted octanol–water partition coefficient (Wildman–Crippen LogP) is 3.79. The van der Waals surface area contributed by atoms with Gasteiger partial charge in [-0.2, -0.15) is 0 Å². The molecule has 2 aromatic rings. The highest BCUT2D eigenvalue weighted by Gasteiger charge is 2.19. The van der Waals surface area contributed by atoms with Crippen molar-refractivity contribution in [1.82, 2.24) is 10.2 Å². The minimum absolute atomic E-state index is 0.115. The molecule has 4 nitrogen and oxygen atoms in total. The molecule has 0 aromatic heterocycles. The first-order valence-electron chi connectivity index (χ1n) is 9.48. The van der Waals surface area contributed by atoms with Gasteiger partial charge in [0.15, 0.2) is 0 Å². The normalized spacial score (nSPS) is 16.3. The summed E-state index contributed by atoms with van der Waals surface area (Å²) in [6.45, 7) is 8.39. The van der Waals surface area contributed by atoms with Gasteiger partial charge in [-0.05, 0) is 41.3 Å². The molecule has 144 valence electrons. The summed E-state index contributed by atoms with van der Waals surface area (Å²) in [6, 6.07) is 13.9. The van der Waals surface area contributed by atoms with Gasteiger partial charge in [-0.3, -0.25) is 9.69 Å². The Balaban J connectivity index is 1.64. The van der Waals surface area contributed by atoms with Crippen LogP contribution in [-0.2, 0) is 11.3 Å². The molecule has 2 aromatic carbocycles. The predicted molar refractivity (Wildman–Crippen MR) is 104 cm³/mol. The molecule has 1 aliphatic heterocycles. The molecule has 1 N–H and O–H groups in total. The van der Waals surface area contributed by atoms with Crippen LogP contribution >= 0.6 is 0 Å². The van der Waals surface area contributed by atoms with Gasteiger partial charge >= 0.3 is 0 Å². The summed E-state index contributed by atoms with van der Waals surface area (Å²) >= 11 is 0. The number of carbonyl (C=O) groups excluding carboxylic acids is 1. The quantitative estimate of drug-likeness (QED) is 0.841. The number of rotatable bonds is 6. The van der Waals surface area contributed by atoms with Crippen LogP contribution < -0.4 is 5.32 Å². The zero-order chi connectivity index (χ0) is 19.2. The van der Waals surface area contributed by atoms with Crippen LogP contribution in [-0.4, -0.2) is 37.1 Å². The van der Waals surface area contributed by atoms with E-state index in [2.05, 4.69) is 10.2 Å². The van der Waals surface area contributed by atoms with Gasteiger partial charge in [0.25, 0.3) is 5.91 Å². The zero-order valence-electron chi connectivity index (χ0n) is 16.0. The van der Waals surface area contributed by atoms with Crippen LogP contribution in [0.15, 0.2) is 48.5 Å². The van der Waals surface area contributed by atoms with E-state index in [-0.39, 0.29) is 23.7 Å². The van der Waals surface area contributed by atoms with Gasteiger partial charge in [-0.1, -0.05) is 38.1 Å². The average Bonchev–Trinajstić information content (AvgIpc) is 2.68. The van der Waals surface area contributed by atoms with Crippen LogP contribution in [0.3, 0.4) is 0 Å². The molecule has 0 saturated carbocycles. The van der Waals surface area contributed by atoms with Crippen LogP contribution in [0.25, 0.3) is 0 Å². The lowest BCUT2D eigenvalue weighted by molar-refractivity contribution is 0.0342. The number of nitrogens with zero attached hydrogens (tertiary/aromatic N) is 1. The Labute approximate surface area is 160 Å². The lowest BCUT2D eigenvalue weighted by atomic mass is 9.95. The second-order valence-corrected chi connectivity index (χ2v) is 7.33. The molecule has 1 saturated heterocycles. The lowest BCUT2D eigenvalue weighted by Crippen LogP contribution is -2.35. The summed E-state index contributed by atoms with van der Waals surface area (Å²) in [6.07, 6.45) is 0. The van der Waals surface area contributed by atoms with Gasteiger partial charge in [0.2, 0.25) is 0 Å². The molecule has 0 spiro atoms. The Hall–Kier alpha value is -2.24. The minimum Gasteiger partial charge on any atom is -0.379 e. The first-order chi connectivity index (χ1) is 13.0. The molecular formula is C22H27FN2O2. The Morgan fingerprint density at radius 1 is 1.07 bits per heavy atom. The molecule has 0 bridgehead atoms. The molecule has 0 radical (unpaired) electrons. The van der Waals surface area contributed by atoms with Gasteiger partial charge in [0.05, 0.1) is 19.3 Å². The molecule has 5 heteroatoms. The number of ether oxygens (including phenoxy) is 1. The molecule has 1 unspecified atom stereocenters. The summed E-state index contributed by atoms with van der Waals surface area (Å²) in [4.78, 5) is 15.0. The third-order valence-electron chi connectivity index (χ3n) is 4.91. The summed E-state index contributed by atoms with van der Waals surface area (Å²) in [5.41, 5.74) is 2.73. The van der Waals surface area contributed by atoms with E-state index in [0.29, 0.717) is 5.56 Å². The molecule has 27 heavy (non-hydrogen) atoms. The molecule has 1 amide bonds. The largest absolute Gasteiger partial charge is 0.379 e. The van der Waals surface area contributed by atoms with Crippen molar-refractivity contribution in [1.29, 1.82) is 0 Å². The maximum atomic E-state index is 13.2. The monoisotopic (exact) mass is 370 g/mol. The van der Waals surface area contributed by atoms with E-state index in [0.717, 1.165) is 38.4 Å². The van der Waals surface area contributed by atoms with Crippen LogP contribution in [0.2, 0.25) is 0 Å². The SMILES string of the molecule is CC(C)C(NC(=O)c1ccc(CN2CCOCC2)cc1)c1ccc(F)cc1. The summed E-state index contributed by atoms with van der Waals surface area (Å²) in [7, 11) is 0. The Kier molecular flexibility index (Phi) is 6.58. The summed E-state index contributed by atoms with van der Waals surface area (Å²) < 4.78 is 18.6. The van der Waals surface area contributed by atoms with Gasteiger partial charge in [0, 0.05) is 25.2 Å². The fraction of sp³-hybridized carbons (Fsp3) is 0.409. The smallest absolute Gasteiger partial charge is 0.251 e. The number of hydrogen-bond donors (Lipinski definition) is 1. The highest BCUT2D eigenvalue weighted by Crippen LogP contribution is 2.22. The number of halogens is 1. The maximum Gasteiger partial charge on any atom is 0.251 e. The van der Waals surface area contributed by atoms with E-state index in [4.69, 9.17) is 4.74 Å². The van der Waals surface area contributed by atoms with E-state index in [1.807, 2.05) is 38.1 Å². The first-order valence-corrected chi connectivity index (χ1v) is 9.48. The van der Waals surface area contributed by atoms with Gasteiger partial charge in [-0.25, -0.2) is 4.39 Å².